The number of urea groups is 1. The van der Waals surface area contributed by atoms with E-state index in [0.717, 1.165) is 22.9 Å². The number of hydrogen-bond acceptors (Lipinski definition) is 3. The molecule has 0 spiro atoms. The highest BCUT2D eigenvalue weighted by Gasteiger charge is 2.32. The summed E-state index contributed by atoms with van der Waals surface area (Å²) in [5, 5.41) is 4.44. The van der Waals surface area contributed by atoms with Crippen molar-refractivity contribution in [2.24, 2.45) is 0 Å². The number of benzene rings is 1. The van der Waals surface area contributed by atoms with Gasteiger partial charge < -0.3 is 15.2 Å². The molecule has 2 amide bonds. The topological polar surface area (TPSA) is 65.2 Å². The number of amides is 2. The van der Waals surface area contributed by atoms with Gasteiger partial charge in [0.1, 0.15) is 0 Å². The monoisotopic (exact) mass is 345 g/mol. The first-order chi connectivity index (χ1) is 11.6. The Labute approximate surface area is 145 Å². The minimum Gasteiger partial charge on any atom is -0.334 e. The van der Waals surface area contributed by atoms with E-state index in [9.17, 15) is 9.59 Å². The summed E-state index contributed by atoms with van der Waals surface area (Å²) < 4.78 is 0. The number of pyridine rings is 1. The second-order valence-corrected chi connectivity index (χ2v) is 7.32. The molecule has 1 aromatic carbocycles. The summed E-state index contributed by atoms with van der Waals surface area (Å²) in [4.78, 5) is 28.9. The highest BCUT2D eigenvalue weighted by atomic mass is 32.2. The third-order valence-electron chi connectivity index (χ3n) is 4.80. The second kappa shape index (κ2) is 7.30. The maximum absolute atomic E-state index is 12.5. The van der Waals surface area contributed by atoms with Gasteiger partial charge in [0.25, 0.3) is 0 Å². The van der Waals surface area contributed by atoms with Gasteiger partial charge in [-0.15, -0.1) is 0 Å². The van der Waals surface area contributed by atoms with Gasteiger partial charge in [-0.1, -0.05) is 24.6 Å². The third kappa shape index (κ3) is 3.43. The number of para-hydroxylation sites is 1. The molecule has 1 aliphatic rings. The van der Waals surface area contributed by atoms with Crippen molar-refractivity contribution >= 4 is 28.7 Å². The van der Waals surface area contributed by atoms with Crippen LogP contribution in [0.3, 0.4) is 0 Å². The average molecular weight is 345 g/mol. The summed E-state index contributed by atoms with van der Waals surface area (Å²) >= 11 is 1.84. The van der Waals surface area contributed by atoms with Crippen LogP contribution in [0.5, 0.6) is 0 Å². The fraction of sp³-hybridized carbons (Fsp3) is 0.444. The maximum atomic E-state index is 12.5. The Balaban J connectivity index is 1.71. The lowest BCUT2D eigenvalue weighted by Crippen LogP contribution is -2.45. The van der Waals surface area contributed by atoms with Crippen molar-refractivity contribution in [1.29, 1.82) is 0 Å². The minimum atomic E-state index is -0.149. The van der Waals surface area contributed by atoms with Gasteiger partial charge in [0.2, 0.25) is 5.56 Å². The summed E-state index contributed by atoms with van der Waals surface area (Å²) in [6.45, 7) is 0.351. The Bertz CT molecular complexity index is 789. The largest absolute Gasteiger partial charge is 0.334 e. The summed E-state index contributed by atoms with van der Waals surface area (Å²) in [5.41, 5.74) is 1.48. The summed E-state index contributed by atoms with van der Waals surface area (Å²) in [5.74, 6) is 0. The number of nitrogens with zero attached hydrogens (tertiary/aromatic N) is 1. The van der Waals surface area contributed by atoms with Crippen LogP contribution < -0.4 is 10.9 Å². The molecule has 0 radical (unpaired) electrons. The molecule has 24 heavy (non-hydrogen) atoms. The molecule has 2 N–H and O–H groups in total. The average Bonchev–Trinajstić information content (AvgIpc) is 3.07. The quantitative estimate of drug-likeness (QED) is 0.895. The number of carbonyl (C=O) groups excluding carboxylic acids is 1. The molecule has 0 aliphatic heterocycles. The van der Waals surface area contributed by atoms with Crippen LogP contribution in [0, 0.1) is 0 Å². The summed E-state index contributed by atoms with van der Waals surface area (Å²) in [6.07, 6.45) is 5.51. The van der Waals surface area contributed by atoms with Crippen LogP contribution in [0.2, 0.25) is 0 Å². The predicted molar refractivity (Wildman–Crippen MR) is 99.5 cm³/mol. The highest BCUT2D eigenvalue weighted by molar-refractivity contribution is 7.99. The first-order valence-electron chi connectivity index (χ1n) is 8.24. The predicted octanol–water partition coefficient (Wildman–Crippen LogP) is 2.95. The number of fused-ring (bicyclic) bond motifs is 1. The number of rotatable bonds is 4. The number of aromatic amines is 1. The van der Waals surface area contributed by atoms with E-state index in [1.807, 2.05) is 48.0 Å². The van der Waals surface area contributed by atoms with Gasteiger partial charge in [-0.25, -0.2) is 4.79 Å². The van der Waals surface area contributed by atoms with Crippen molar-refractivity contribution in [2.75, 3.05) is 13.3 Å². The van der Waals surface area contributed by atoms with E-state index < -0.39 is 0 Å². The molecular formula is C18H23N3O2S. The van der Waals surface area contributed by atoms with E-state index in [2.05, 4.69) is 16.6 Å². The van der Waals surface area contributed by atoms with Gasteiger partial charge >= 0.3 is 6.03 Å². The van der Waals surface area contributed by atoms with E-state index >= 15 is 0 Å². The van der Waals surface area contributed by atoms with E-state index in [1.165, 1.54) is 12.8 Å². The first-order valence-corrected chi connectivity index (χ1v) is 9.53. The van der Waals surface area contributed by atoms with Gasteiger partial charge in [-0.3, -0.25) is 4.79 Å². The lowest BCUT2D eigenvalue weighted by Gasteiger charge is -2.29. The van der Waals surface area contributed by atoms with Gasteiger partial charge in [-0.2, -0.15) is 11.8 Å². The van der Waals surface area contributed by atoms with E-state index in [4.69, 9.17) is 0 Å². The van der Waals surface area contributed by atoms with Crippen LogP contribution >= 0.6 is 11.8 Å². The van der Waals surface area contributed by atoms with Gasteiger partial charge in [0, 0.05) is 41.9 Å². The number of nitrogens with one attached hydrogen (secondary N) is 2. The molecule has 5 nitrogen and oxygen atoms in total. The van der Waals surface area contributed by atoms with Gasteiger partial charge in [-0.05, 0) is 30.7 Å². The van der Waals surface area contributed by atoms with E-state index in [0.29, 0.717) is 11.8 Å². The van der Waals surface area contributed by atoms with Crippen molar-refractivity contribution in [2.45, 2.75) is 37.1 Å². The summed E-state index contributed by atoms with van der Waals surface area (Å²) in [7, 11) is 1.87. The normalized spacial score (nSPS) is 20.2. The standard InChI is InChI=1S/C18H23N3O2S/c1-21(15-8-5-9-16(15)24-2)18(23)19-11-12-10-17(22)20-14-7-4-3-6-13(12)14/h3-4,6-7,10,15-16H,5,8-9,11H2,1-2H3,(H,19,23)(H,20,22). The molecule has 0 saturated heterocycles. The molecule has 2 aromatic rings. The van der Waals surface area contributed by atoms with Crippen LogP contribution in [-0.4, -0.2) is 40.5 Å². The Morgan fingerprint density at radius 3 is 2.96 bits per heavy atom. The molecule has 0 bridgehead atoms. The Morgan fingerprint density at radius 1 is 1.38 bits per heavy atom. The minimum absolute atomic E-state index is 0.0784. The second-order valence-electron chi connectivity index (χ2n) is 6.25. The van der Waals surface area contributed by atoms with Crippen molar-refractivity contribution in [1.82, 2.24) is 15.2 Å². The number of H-pyrrole nitrogens is 1. The molecule has 2 atom stereocenters. The molecule has 3 rings (SSSR count). The molecule has 1 aromatic heterocycles. The van der Waals surface area contributed by atoms with Crippen molar-refractivity contribution in [3.63, 3.8) is 0 Å². The van der Waals surface area contributed by atoms with Crippen LogP contribution in [0.4, 0.5) is 4.79 Å². The lowest BCUT2D eigenvalue weighted by atomic mass is 10.1. The van der Waals surface area contributed by atoms with Crippen LogP contribution in [0.1, 0.15) is 24.8 Å². The Hall–Kier alpha value is -1.95. The Kier molecular flexibility index (Phi) is 5.14. The zero-order valence-corrected chi connectivity index (χ0v) is 14.9. The van der Waals surface area contributed by atoms with Crippen LogP contribution in [0.15, 0.2) is 35.1 Å². The first kappa shape index (κ1) is 16.9. The highest BCUT2D eigenvalue weighted by Crippen LogP contribution is 2.31. The molecular weight excluding hydrogens is 322 g/mol. The fourth-order valence-electron chi connectivity index (χ4n) is 3.49. The molecule has 6 heteroatoms. The Morgan fingerprint density at radius 2 is 2.17 bits per heavy atom. The number of thioether (sulfide) groups is 1. The smallest absolute Gasteiger partial charge is 0.317 e. The number of hydrogen-bond donors (Lipinski definition) is 2. The maximum Gasteiger partial charge on any atom is 0.317 e. The zero-order chi connectivity index (χ0) is 17.1. The molecule has 128 valence electrons. The van der Waals surface area contributed by atoms with Crippen molar-refractivity contribution in [3.05, 3.63) is 46.2 Å². The van der Waals surface area contributed by atoms with Crippen LogP contribution in [0.25, 0.3) is 10.9 Å². The fourth-order valence-corrected chi connectivity index (χ4v) is 4.53. The molecule has 1 aliphatic carbocycles. The summed E-state index contributed by atoms with van der Waals surface area (Å²) in [6, 6.07) is 9.41. The van der Waals surface area contributed by atoms with Crippen molar-refractivity contribution in [3.8, 4) is 0 Å². The van der Waals surface area contributed by atoms with Crippen molar-refractivity contribution < 1.29 is 4.79 Å². The molecule has 1 fully saturated rings. The number of carbonyl (C=O) groups is 1. The zero-order valence-electron chi connectivity index (χ0n) is 14.0. The molecule has 1 saturated carbocycles. The third-order valence-corrected chi connectivity index (χ3v) is 5.96. The van der Waals surface area contributed by atoms with E-state index in [1.54, 1.807) is 6.07 Å². The number of aromatic nitrogens is 1. The molecule has 2 unspecified atom stereocenters. The van der Waals surface area contributed by atoms with Crippen LogP contribution in [-0.2, 0) is 6.54 Å². The SMILES string of the molecule is CSC1CCCC1N(C)C(=O)NCc1cc(=O)[nH]c2ccccc12. The lowest BCUT2D eigenvalue weighted by molar-refractivity contribution is 0.191. The van der Waals surface area contributed by atoms with Gasteiger partial charge in [0.05, 0.1) is 0 Å². The van der Waals surface area contributed by atoms with Gasteiger partial charge in [0.15, 0.2) is 0 Å². The van der Waals surface area contributed by atoms with E-state index in [-0.39, 0.29) is 17.6 Å². The molecule has 1 heterocycles.